The van der Waals surface area contributed by atoms with Crippen molar-refractivity contribution in [1.82, 2.24) is 5.32 Å². The average Bonchev–Trinajstić information content (AvgIpc) is 3.27. The molecule has 0 saturated carbocycles. The van der Waals surface area contributed by atoms with Crippen LogP contribution in [0.2, 0.25) is 0 Å². The molecular formula is C25H24F3NO4S. The van der Waals surface area contributed by atoms with Crippen LogP contribution in [-0.2, 0) is 11.0 Å². The van der Waals surface area contributed by atoms with Gasteiger partial charge in [-0.05, 0) is 53.4 Å². The number of amides is 1. The van der Waals surface area contributed by atoms with Gasteiger partial charge in [0.1, 0.15) is 11.9 Å². The zero-order valence-electron chi connectivity index (χ0n) is 18.6. The summed E-state index contributed by atoms with van der Waals surface area (Å²) in [5.74, 6) is -0.628. The monoisotopic (exact) mass is 491 g/mol. The van der Waals surface area contributed by atoms with Crippen LogP contribution in [0.3, 0.4) is 0 Å². The van der Waals surface area contributed by atoms with Gasteiger partial charge in [-0.2, -0.15) is 13.2 Å². The van der Waals surface area contributed by atoms with Crippen LogP contribution >= 0.6 is 11.3 Å². The molecule has 0 fully saturated rings. The van der Waals surface area contributed by atoms with Crippen LogP contribution in [0, 0.1) is 5.92 Å². The van der Waals surface area contributed by atoms with Gasteiger partial charge in [0, 0.05) is 11.4 Å². The third-order valence-corrected chi connectivity index (χ3v) is 6.17. The van der Waals surface area contributed by atoms with Crippen molar-refractivity contribution in [3.8, 4) is 16.9 Å². The number of ether oxygens (including phenoxy) is 1. The summed E-state index contributed by atoms with van der Waals surface area (Å²) in [4.78, 5) is 24.2. The molecule has 9 heteroatoms. The highest BCUT2D eigenvalue weighted by Crippen LogP contribution is 2.35. The number of rotatable bonds is 9. The number of hydrogen-bond acceptors (Lipinski definition) is 4. The van der Waals surface area contributed by atoms with Gasteiger partial charge in [-0.25, -0.2) is 0 Å². The molecule has 2 aromatic carbocycles. The van der Waals surface area contributed by atoms with Gasteiger partial charge in [-0.1, -0.05) is 38.1 Å². The minimum atomic E-state index is -4.37. The predicted octanol–water partition coefficient (Wildman–Crippen LogP) is 6.41. The van der Waals surface area contributed by atoms with E-state index in [0.29, 0.717) is 16.2 Å². The molecule has 0 aliphatic heterocycles. The van der Waals surface area contributed by atoms with Gasteiger partial charge in [-0.3, -0.25) is 9.59 Å². The molecule has 2 N–H and O–H groups in total. The summed E-state index contributed by atoms with van der Waals surface area (Å²) in [7, 11) is 0. The number of benzene rings is 2. The fourth-order valence-electron chi connectivity index (χ4n) is 3.24. The van der Waals surface area contributed by atoms with Crippen molar-refractivity contribution in [3.05, 3.63) is 76.0 Å². The maximum atomic E-state index is 12.8. The lowest BCUT2D eigenvalue weighted by molar-refractivity contribution is -0.138. The minimum absolute atomic E-state index is 0.0524. The van der Waals surface area contributed by atoms with Crippen molar-refractivity contribution in [2.24, 2.45) is 5.92 Å². The summed E-state index contributed by atoms with van der Waals surface area (Å²) in [6.07, 6.45) is -4.84. The fourth-order valence-corrected chi connectivity index (χ4v) is 4.37. The van der Waals surface area contributed by atoms with E-state index in [2.05, 4.69) is 5.32 Å². The summed E-state index contributed by atoms with van der Waals surface area (Å²) in [5, 5.41) is 11.3. The molecule has 180 valence electrons. The van der Waals surface area contributed by atoms with E-state index in [1.807, 2.05) is 19.9 Å². The maximum Gasteiger partial charge on any atom is 0.416 e. The summed E-state index contributed by atoms with van der Waals surface area (Å²) < 4.78 is 44.5. The Labute approximate surface area is 199 Å². The van der Waals surface area contributed by atoms with Gasteiger partial charge in [0.2, 0.25) is 0 Å². The first-order valence-electron chi connectivity index (χ1n) is 10.6. The van der Waals surface area contributed by atoms with Crippen LogP contribution in [0.5, 0.6) is 5.75 Å². The van der Waals surface area contributed by atoms with E-state index in [1.54, 1.807) is 30.3 Å². The second-order valence-corrected chi connectivity index (χ2v) is 9.10. The van der Waals surface area contributed by atoms with Crippen molar-refractivity contribution >= 4 is 23.2 Å². The minimum Gasteiger partial charge on any atom is -0.485 e. The second-order valence-electron chi connectivity index (χ2n) is 7.98. The third kappa shape index (κ3) is 6.60. The first-order valence-corrected chi connectivity index (χ1v) is 11.4. The number of carboxylic acid groups (broad SMARTS) is 1. The molecule has 3 rings (SSSR count). The molecule has 0 saturated heterocycles. The number of thiophene rings is 1. The molecule has 1 unspecified atom stereocenters. The first-order chi connectivity index (χ1) is 16.0. The van der Waals surface area contributed by atoms with Crippen LogP contribution in [0.4, 0.5) is 13.2 Å². The molecule has 0 aliphatic carbocycles. The number of aliphatic carboxylic acids is 1. The molecule has 1 aromatic heterocycles. The molecule has 1 amide bonds. The molecule has 3 aromatic rings. The van der Waals surface area contributed by atoms with Crippen LogP contribution < -0.4 is 10.1 Å². The van der Waals surface area contributed by atoms with E-state index >= 15 is 0 Å². The molecule has 0 spiro atoms. The van der Waals surface area contributed by atoms with Gasteiger partial charge in [0.05, 0.1) is 16.9 Å². The quantitative estimate of drug-likeness (QED) is 0.362. The standard InChI is InChI=1S/C25H24F3NO4S/c1-15(2)23(20-11-12-21(34-20)24(32)29-14-13-22(30)31)33-19-9-5-17(6-10-19)16-3-7-18(8-4-16)25(26,27)28/h3-12,15,23H,13-14H2,1-2H3,(H,29,32)(H,30,31). The number of halogens is 3. The maximum absolute atomic E-state index is 12.8. The summed E-state index contributed by atoms with van der Waals surface area (Å²) >= 11 is 1.28. The van der Waals surface area contributed by atoms with E-state index in [1.165, 1.54) is 23.5 Å². The van der Waals surface area contributed by atoms with E-state index in [0.717, 1.165) is 22.6 Å². The number of hydrogen-bond donors (Lipinski definition) is 2. The zero-order valence-corrected chi connectivity index (χ0v) is 19.4. The van der Waals surface area contributed by atoms with Gasteiger partial charge in [0.15, 0.2) is 0 Å². The lowest BCUT2D eigenvalue weighted by Crippen LogP contribution is -2.25. The molecule has 1 heterocycles. The Bertz CT molecular complexity index is 1120. The molecule has 0 bridgehead atoms. The van der Waals surface area contributed by atoms with Gasteiger partial charge >= 0.3 is 12.1 Å². The van der Waals surface area contributed by atoms with Crippen molar-refractivity contribution in [2.45, 2.75) is 32.5 Å². The Hall–Kier alpha value is -3.33. The van der Waals surface area contributed by atoms with Crippen LogP contribution in [0.25, 0.3) is 11.1 Å². The second kappa shape index (κ2) is 10.7. The number of alkyl halides is 3. The molecule has 0 radical (unpaired) electrons. The van der Waals surface area contributed by atoms with Gasteiger partial charge in [0.25, 0.3) is 5.91 Å². The molecule has 1 atom stereocenters. The smallest absolute Gasteiger partial charge is 0.416 e. The number of nitrogens with one attached hydrogen (secondary N) is 1. The van der Waals surface area contributed by atoms with E-state index in [9.17, 15) is 22.8 Å². The molecule has 0 aliphatic rings. The Morgan fingerprint density at radius 1 is 0.971 bits per heavy atom. The number of carbonyl (C=O) groups excluding carboxylic acids is 1. The van der Waals surface area contributed by atoms with E-state index < -0.39 is 17.7 Å². The Morgan fingerprint density at radius 2 is 1.56 bits per heavy atom. The summed E-state index contributed by atoms with van der Waals surface area (Å²) in [5.41, 5.74) is 0.734. The lowest BCUT2D eigenvalue weighted by atomic mass is 10.0. The first kappa shape index (κ1) is 25.3. The Morgan fingerprint density at radius 3 is 2.09 bits per heavy atom. The van der Waals surface area contributed by atoms with Crippen LogP contribution in [0.1, 0.15) is 46.5 Å². The summed E-state index contributed by atoms with van der Waals surface area (Å²) in [6.45, 7) is 4.04. The average molecular weight is 492 g/mol. The highest BCUT2D eigenvalue weighted by molar-refractivity contribution is 7.14. The van der Waals surface area contributed by atoms with Crippen molar-refractivity contribution < 1.29 is 32.6 Å². The normalized spacial score (nSPS) is 12.4. The third-order valence-electron chi connectivity index (χ3n) is 5.02. The van der Waals surface area contributed by atoms with Crippen molar-refractivity contribution in [1.29, 1.82) is 0 Å². The zero-order chi connectivity index (χ0) is 24.9. The van der Waals surface area contributed by atoms with Crippen LogP contribution in [-0.4, -0.2) is 23.5 Å². The van der Waals surface area contributed by atoms with Gasteiger partial charge < -0.3 is 15.2 Å². The van der Waals surface area contributed by atoms with Crippen LogP contribution in [0.15, 0.2) is 60.7 Å². The number of carboxylic acids is 1. The van der Waals surface area contributed by atoms with Crippen molar-refractivity contribution in [3.63, 3.8) is 0 Å². The van der Waals surface area contributed by atoms with Crippen molar-refractivity contribution in [2.75, 3.05) is 6.54 Å². The molecule has 5 nitrogen and oxygen atoms in total. The molecular weight excluding hydrogens is 467 g/mol. The Kier molecular flexibility index (Phi) is 7.98. The van der Waals surface area contributed by atoms with Gasteiger partial charge in [-0.15, -0.1) is 11.3 Å². The largest absolute Gasteiger partial charge is 0.485 e. The number of carbonyl (C=O) groups is 2. The van der Waals surface area contributed by atoms with E-state index in [-0.39, 0.29) is 30.9 Å². The fraction of sp³-hybridized carbons (Fsp3) is 0.280. The molecule has 34 heavy (non-hydrogen) atoms. The predicted molar refractivity (Wildman–Crippen MR) is 124 cm³/mol. The van der Waals surface area contributed by atoms with E-state index in [4.69, 9.17) is 9.84 Å². The topological polar surface area (TPSA) is 75.6 Å². The Balaban J connectivity index is 1.69. The lowest BCUT2D eigenvalue weighted by Gasteiger charge is -2.21. The summed E-state index contributed by atoms with van der Waals surface area (Å²) in [6, 6.07) is 15.6. The highest BCUT2D eigenvalue weighted by atomic mass is 32.1. The SMILES string of the molecule is CC(C)C(Oc1ccc(-c2ccc(C(F)(F)F)cc2)cc1)c1ccc(C(=O)NCCC(=O)O)s1. The highest BCUT2D eigenvalue weighted by Gasteiger charge is 2.30.